The third kappa shape index (κ3) is 20.5. The van der Waals surface area contributed by atoms with Gasteiger partial charge in [-0.05, 0) is 38.3 Å². The molecule has 0 aliphatic carbocycles. The maximum atomic E-state index is 14.3. The van der Waals surface area contributed by atoms with Crippen LogP contribution in [0.4, 0.5) is 17.5 Å². The summed E-state index contributed by atoms with van der Waals surface area (Å²) in [6.07, 6.45) is -9.72. The van der Waals surface area contributed by atoms with E-state index in [0.717, 1.165) is 30.7 Å². The highest BCUT2D eigenvalue weighted by atomic mass is 31.2. The van der Waals surface area contributed by atoms with Crippen LogP contribution in [0.1, 0.15) is 100 Å². The van der Waals surface area contributed by atoms with E-state index in [1.807, 2.05) is 0 Å². The Morgan fingerprint density at radius 1 is 0.570 bits per heavy atom. The Labute approximate surface area is 600 Å². The molecule has 0 bridgehead atoms. The molecular formula is C56H72N15O31P5. The number of imidazole rings is 1. The lowest BCUT2D eigenvalue weighted by atomic mass is 10.0. The van der Waals surface area contributed by atoms with Crippen molar-refractivity contribution < 1.29 is 117 Å². The van der Waals surface area contributed by atoms with Crippen LogP contribution in [0.5, 0.6) is 0 Å². The Hall–Kier alpha value is -7.46. The second kappa shape index (κ2) is 33.4. The normalized spacial score (nSPS) is 28.2. The van der Waals surface area contributed by atoms with Crippen LogP contribution in [0.15, 0.2) is 78.3 Å². The molecule has 0 amide bonds. The van der Waals surface area contributed by atoms with E-state index < -0.39 is 223 Å². The number of H-pyrrole nitrogens is 2. The Kier molecular flexibility index (Phi) is 25.1. The summed E-state index contributed by atoms with van der Waals surface area (Å²) in [5.41, 5.74) is 11.7. The van der Waals surface area contributed by atoms with Gasteiger partial charge in [-0.3, -0.25) is 78.6 Å². The Balaban J connectivity index is 0.798. The summed E-state index contributed by atoms with van der Waals surface area (Å²) in [5.74, 6) is 6.50. The summed E-state index contributed by atoms with van der Waals surface area (Å²) in [7, 11) is -26.7. The largest absolute Gasteiger partial charge is 0.472 e. The number of aromatic amines is 2. The molecule has 6 aromatic rings. The van der Waals surface area contributed by atoms with Gasteiger partial charge in [0.1, 0.15) is 103 Å². The van der Waals surface area contributed by atoms with Gasteiger partial charge in [0.2, 0.25) is 0 Å². The maximum absolute atomic E-state index is 14.3. The lowest BCUT2D eigenvalue weighted by molar-refractivity contribution is -0.0633. The summed E-state index contributed by atoms with van der Waals surface area (Å²) in [6, 6.07) is 2.46. The van der Waals surface area contributed by atoms with Gasteiger partial charge >= 0.3 is 61.6 Å². The first-order valence-corrected chi connectivity index (χ1v) is 40.1. The molecular weight excluding hydrogens is 1530 g/mol. The van der Waals surface area contributed by atoms with Crippen LogP contribution in [-0.2, 0) is 82.7 Å². The second-order valence-corrected chi connectivity index (χ2v) is 32.2. The average Bonchev–Trinajstić information content (AvgIpc) is 1.67. The van der Waals surface area contributed by atoms with E-state index >= 15 is 0 Å². The summed E-state index contributed by atoms with van der Waals surface area (Å²) in [4.78, 5) is 166. The SMILES string of the molecule is C#CCCCCC#Cc1cn([C@H]2C[C@@H](OP(=O)(O)OC[C@H]3O[C@@H](n4cc(C)c(=O)[nH]c4=O)C[C@H]3OP(=O)(O)OC[C@H]3O[C@@H](n4ccc(N)nc4=O)C[C@H]3OP(=O)(O)OC[C@H]3O[C@@H](n4cnc5c(N)ncnc54)C[C@H]3O)[C@@H](COP(=O)(O)C[C@@H]3C[C@H](n4ccc(N)nc4=O)O[C@@H]3COP(=O)(O)O)O2)c(=O)[nH]c1=O. The van der Waals surface area contributed by atoms with Crippen molar-refractivity contribution in [3.8, 4) is 24.2 Å². The molecule has 107 heavy (non-hydrogen) atoms. The number of aromatic nitrogens is 12. The molecule has 6 aromatic heterocycles. The number of nitrogens with zero attached hydrogens (tertiary/aromatic N) is 10. The minimum atomic E-state index is -5.63. The molecule has 11 heterocycles. The Bertz CT molecular complexity index is 5010. The number of nitrogen functional groups attached to an aromatic ring is 3. The number of phosphoric ester groups is 4. The topological polar surface area (TPSA) is 648 Å². The molecule has 582 valence electrons. The number of anilines is 3. The van der Waals surface area contributed by atoms with Crippen LogP contribution in [0.25, 0.3) is 11.2 Å². The highest BCUT2D eigenvalue weighted by Gasteiger charge is 2.50. The number of rotatable bonds is 31. The van der Waals surface area contributed by atoms with E-state index in [-0.39, 0.29) is 59.0 Å². The van der Waals surface area contributed by atoms with Crippen LogP contribution in [-0.4, -0.2) is 186 Å². The predicted molar refractivity (Wildman–Crippen MR) is 360 cm³/mol. The van der Waals surface area contributed by atoms with E-state index in [1.165, 1.54) is 48.7 Å². The zero-order chi connectivity index (χ0) is 77.1. The van der Waals surface area contributed by atoms with Crippen LogP contribution in [0.2, 0.25) is 0 Å². The molecule has 0 radical (unpaired) electrons. The number of aliphatic hydroxyl groups excluding tert-OH is 1. The van der Waals surface area contributed by atoms with Gasteiger partial charge in [0.25, 0.3) is 11.1 Å². The van der Waals surface area contributed by atoms with E-state index in [2.05, 4.69) is 57.2 Å². The highest BCUT2D eigenvalue weighted by molar-refractivity contribution is 7.52. The molecule has 0 spiro atoms. The Morgan fingerprint density at radius 3 is 1.58 bits per heavy atom. The first kappa shape index (κ1) is 80.6. The third-order valence-electron chi connectivity index (χ3n) is 17.3. The van der Waals surface area contributed by atoms with Crippen molar-refractivity contribution in [1.29, 1.82) is 0 Å². The van der Waals surface area contributed by atoms with Crippen molar-refractivity contribution in [2.45, 2.75) is 151 Å². The smallest absolute Gasteiger partial charge is 0.390 e. The number of nitrogens with one attached hydrogen (secondary N) is 2. The fourth-order valence-electron chi connectivity index (χ4n) is 12.1. The number of ether oxygens (including phenoxy) is 5. The summed E-state index contributed by atoms with van der Waals surface area (Å²) >= 11 is 0. The first-order valence-electron chi connectivity index (χ1n) is 32.3. The lowest BCUT2D eigenvalue weighted by Crippen LogP contribution is -2.33. The molecule has 5 saturated heterocycles. The average molecular weight is 1610 g/mol. The van der Waals surface area contributed by atoms with Crippen LogP contribution < -0.4 is 51.1 Å². The van der Waals surface area contributed by atoms with Gasteiger partial charge in [0.05, 0.1) is 57.7 Å². The summed E-state index contributed by atoms with van der Waals surface area (Å²) in [6.45, 7) is -3.54. The van der Waals surface area contributed by atoms with E-state index in [4.69, 9.17) is 79.0 Å². The van der Waals surface area contributed by atoms with E-state index in [1.54, 1.807) is 0 Å². The quantitative estimate of drug-likeness (QED) is 0.0145. The van der Waals surface area contributed by atoms with E-state index in [0.29, 0.717) is 19.3 Å². The standard InChI is InChI=1S/C56H72N15O31P5/c1-3-4-5-6-7-8-9-30-20-70(56(78)66-52(30)74)47-18-34(38(98-47)23-90-103(79,80)26-31-14-43(67-12-10-41(57)63-53(67)75)95-36(31)21-91-104(81,82)83)101-106(86,87)94-25-40-35(17-46(99-40)69-19-29(2)51(73)65-55(69)77)102-107(88,89)93-24-39-33(16-45(97-39)68-13-11-42(58)64-54(68)76)100-105(84,85)92-22-37-32(72)15-44(96-37)71-28-62-48-49(59)60-27-61-50(48)71/h1,10-13,19-20,27-28,31-40,43-47,72H,4-7,14-18,21-26H2,2H3,(H,79,80)(H,84,85)(H,86,87)(H,88,89)(H2,57,63,75)(H2,58,64,76)(H2,59,60,61)(H,65,73,77)(H,66,74,78)(H2,81,82,83)/t31-,32+,33+,34+,35+,36+,37+,38+,39+,40+,43+,44+,45+,46+,47+/m0/s1. The molecule has 19 atom stereocenters. The number of aliphatic hydroxyl groups is 1. The number of hydrogen-bond donors (Lipinski definition) is 12. The number of nitrogens with two attached hydrogens (primary N) is 3. The minimum absolute atomic E-state index is 0.0345. The molecule has 11 rings (SSSR count). The number of aryl methyl sites for hydroxylation is 1. The molecule has 0 aromatic carbocycles. The van der Waals surface area contributed by atoms with Crippen molar-refractivity contribution >= 4 is 67.5 Å². The predicted octanol–water partition coefficient (Wildman–Crippen LogP) is -0.727. The molecule has 5 aliphatic rings. The second-order valence-electron chi connectivity index (χ2n) is 24.8. The number of phosphoric acid groups is 4. The molecule has 4 unspecified atom stereocenters. The fourth-order valence-corrected chi connectivity index (χ4v) is 16.8. The first-order chi connectivity index (χ1) is 50.5. The van der Waals surface area contributed by atoms with Crippen LogP contribution in [0, 0.1) is 37.0 Å². The van der Waals surface area contributed by atoms with Crippen LogP contribution >= 0.6 is 38.9 Å². The maximum Gasteiger partial charge on any atom is 0.472 e. The van der Waals surface area contributed by atoms with Gasteiger partial charge in [-0.1, -0.05) is 11.8 Å². The van der Waals surface area contributed by atoms with Gasteiger partial charge in [-0.25, -0.2) is 52.4 Å². The molecule has 46 nitrogen and oxygen atoms in total. The van der Waals surface area contributed by atoms with Gasteiger partial charge in [-0.15, -0.1) is 12.3 Å². The van der Waals surface area contributed by atoms with Crippen molar-refractivity contribution in [3.05, 3.63) is 123 Å². The third-order valence-corrected chi connectivity index (χ3v) is 22.3. The van der Waals surface area contributed by atoms with Crippen molar-refractivity contribution in [3.63, 3.8) is 0 Å². The van der Waals surface area contributed by atoms with E-state index in [9.17, 15) is 86.1 Å². The van der Waals surface area contributed by atoms with Gasteiger partial charge in [0.15, 0.2) is 11.5 Å². The zero-order valence-corrected chi connectivity index (χ0v) is 60.3. The monoisotopic (exact) mass is 1610 g/mol. The summed E-state index contributed by atoms with van der Waals surface area (Å²) < 4.78 is 146. The molecule has 51 heteroatoms. The zero-order valence-electron chi connectivity index (χ0n) is 55.8. The number of hydrogen-bond acceptors (Lipinski definition) is 33. The number of unbranched alkanes of at least 4 members (excludes halogenated alkanes) is 3. The van der Waals surface area contributed by atoms with Gasteiger partial charge in [-0.2, -0.15) is 9.97 Å². The number of fused-ring (bicyclic) bond motifs is 1. The van der Waals surface area contributed by atoms with Crippen molar-refractivity contribution in [2.24, 2.45) is 5.92 Å². The van der Waals surface area contributed by atoms with Crippen molar-refractivity contribution in [1.82, 2.24) is 57.7 Å². The fraction of sp³-hybridized carbons (Fsp3) is 0.554. The molecule has 5 fully saturated rings. The number of terminal acetylenes is 1. The molecule has 5 aliphatic heterocycles. The molecule has 15 N–H and O–H groups in total. The highest BCUT2D eigenvalue weighted by Crippen LogP contribution is 2.55. The van der Waals surface area contributed by atoms with Gasteiger partial charge in [0, 0.05) is 74.8 Å². The Morgan fingerprint density at radius 2 is 1.04 bits per heavy atom. The lowest BCUT2D eigenvalue weighted by Gasteiger charge is -2.26. The molecule has 0 saturated carbocycles. The van der Waals surface area contributed by atoms with Crippen molar-refractivity contribution in [2.75, 3.05) is 56.4 Å². The van der Waals surface area contributed by atoms with Crippen LogP contribution in [0.3, 0.4) is 0 Å². The summed E-state index contributed by atoms with van der Waals surface area (Å²) in [5, 5.41) is 10.9. The minimum Gasteiger partial charge on any atom is -0.390 e. The van der Waals surface area contributed by atoms with Gasteiger partial charge < -0.3 is 79.9 Å².